The number of nitrogens with zero attached hydrogens (tertiary/aromatic N) is 4. The second-order valence-electron chi connectivity index (χ2n) is 7.70. The van der Waals surface area contributed by atoms with Crippen molar-refractivity contribution in [2.24, 2.45) is 0 Å². The van der Waals surface area contributed by atoms with Gasteiger partial charge in [-0.1, -0.05) is 0 Å². The molecule has 2 aliphatic heterocycles. The Balaban J connectivity index is 1.59. The molecule has 0 spiro atoms. The van der Waals surface area contributed by atoms with Gasteiger partial charge in [0.2, 0.25) is 11.8 Å². The summed E-state index contributed by atoms with van der Waals surface area (Å²) in [5, 5.41) is 11.2. The van der Waals surface area contributed by atoms with Crippen LogP contribution in [0.1, 0.15) is 27.7 Å². The van der Waals surface area contributed by atoms with Crippen LogP contribution in [0.15, 0.2) is 6.33 Å². The first kappa shape index (κ1) is 21.4. The van der Waals surface area contributed by atoms with Gasteiger partial charge in [-0.25, -0.2) is 9.55 Å². The van der Waals surface area contributed by atoms with Crippen LogP contribution in [0.3, 0.4) is 0 Å². The predicted molar refractivity (Wildman–Crippen MR) is 105 cm³/mol. The number of hydrogen-bond acceptors (Lipinski definition) is 11. The summed E-state index contributed by atoms with van der Waals surface area (Å²) in [4.78, 5) is 12.6. The molecule has 166 valence electrons. The Kier molecular flexibility index (Phi) is 5.50. The summed E-state index contributed by atoms with van der Waals surface area (Å²) in [5.74, 6) is 0.332. The monoisotopic (exact) mass is 443 g/mol. The van der Waals surface area contributed by atoms with Gasteiger partial charge in [0.05, 0.1) is 32.2 Å². The summed E-state index contributed by atoms with van der Waals surface area (Å²) < 4.78 is 42.1. The van der Waals surface area contributed by atoms with E-state index in [-0.39, 0.29) is 31.1 Å². The number of hydrogen-bond donors (Lipinski definition) is 2. The number of phosphoric ester groups is 1. The predicted octanol–water partition coefficient (Wildman–Crippen LogP) is 1.27. The molecule has 2 fully saturated rings. The molecule has 12 nitrogen and oxygen atoms in total. The van der Waals surface area contributed by atoms with E-state index in [4.69, 9.17) is 28.8 Å². The Morgan fingerprint density at radius 1 is 1.47 bits per heavy atom. The molecule has 0 saturated carbocycles. The molecule has 13 heteroatoms. The van der Waals surface area contributed by atoms with Gasteiger partial charge in [-0.3, -0.25) is 13.6 Å². The molecule has 0 bridgehead atoms. The third-order valence-corrected chi connectivity index (χ3v) is 6.61. The molecule has 5 atom stereocenters. The summed E-state index contributed by atoms with van der Waals surface area (Å²) in [6, 6.07) is 0. The first-order valence-corrected chi connectivity index (χ1v) is 11.2. The van der Waals surface area contributed by atoms with Crippen molar-refractivity contribution in [1.82, 2.24) is 19.5 Å². The Hall–Kier alpha value is -1.82. The Labute approximate surface area is 173 Å². The van der Waals surface area contributed by atoms with Gasteiger partial charge in [0.1, 0.15) is 23.9 Å². The van der Waals surface area contributed by atoms with E-state index in [0.29, 0.717) is 17.8 Å². The number of anilines is 1. The van der Waals surface area contributed by atoms with Crippen LogP contribution >= 0.6 is 7.82 Å². The van der Waals surface area contributed by atoms with Crippen LogP contribution in [0, 0.1) is 0 Å². The molecule has 0 aromatic carbocycles. The van der Waals surface area contributed by atoms with Gasteiger partial charge in [-0.15, -0.1) is 0 Å². The van der Waals surface area contributed by atoms with Gasteiger partial charge >= 0.3 is 7.82 Å². The third-order valence-electron chi connectivity index (χ3n) is 4.98. The maximum Gasteiger partial charge on any atom is 0.475 e. The molecule has 2 aromatic rings. The zero-order valence-electron chi connectivity index (χ0n) is 17.2. The SMILES string of the molecule is CCOc1nc(N)nc2c1ncn2C[C@@H]1O[C@@H]2COP(=O)(OC(C)C)O[C@H]2[C@@]1(C)O. The standard InChI is InChI=1S/C17H26N5O7P/c1-5-25-15-12-14(20-16(18)21-15)22(8-19-12)6-11-17(4,23)13-10(27-11)7-26-30(24,29-13)28-9(2)3/h8-11,13,23H,5-7H2,1-4H3,(H2,18,20,21)/t10-,11+,13-,17+,30?/m1/s1. The van der Waals surface area contributed by atoms with Gasteiger partial charge in [-0.05, 0) is 27.7 Å². The Bertz CT molecular complexity index is 981. The van der Waals surface area contributed by atoms with Crippen LogP contribution < -0.4 is 10.5 Å². The van der Waals surface area contributed by atoms with E-state index in [1.54, 1.807) is 31.7 Å². The van der Waals surface area contributed by atoms with Crippen molar-refractivity contribution in [2.45, 2.75) is 64.3 Å². The van der Waals surface area contributed by atoms with Crippen LogP contribution in [0.5, 0.6) is 5.88 Å². The number of aromatic nitrogens is 4. The normalized spacial score (nSPS) is 33.9. The largest absolute Gasteiger partial charge is 0.476 e. The average molecular weight is 443 g/mol. The summed E-state index contributed by atoms with van der Waals surface area (Å²) in [6.07, 6.45) is -1.01. The molecule has 1 unspecified atom stereocenters. The lowest BCUT2D eigenvalue weighted by atomic mass is 9.93. The minimum Gasteiger partial charge on any atom is -0.476 e. The number of nitrogens with two attached hydrogens (primary N) is 1. The topological polar surface area (TPSA) is 153 Å². The van der Waals surface area contributed by atoms with Crippen molar-refractivity contribution in [3.63, 3.8) is 0 Å². The highest BCUT2D eigenvalue weighted by Gasteiger charge is 2.59. The minimum atomic E-state index is -3.79. The summed E-state index contributed by atoms with van der Waals surface area (Å²) in [5.41, 5.74) is 5.24. The van der Waals surface area contributed by atoms with E-state index < -0.39 is 31.7 Å². The quantitative estimate of drug-likeness (QED) is 0.621. The fourth-order valence-electron chi connectivity index (χ4n) is 3.64. The molecular weight excluding hydrogens is 417 g/mol. The van der Waals surface area contributed by atoms with Crippen LogP contribution in [-0.2, 0) is 29.4 Å². The van der Waals surface area contributed by atoms with Crippen LogP contribution in [0.25, 0.3) is 11.2 Å². The molecular formula is C17H26N5O7P. The highest BCUT2D eigenvalue weighted by Crippen LogP contribution is 2.58. The molecule has 2 aliphatic rings. The molecule has 4 rings (SSSR count). The highest BCUT2D eigenvalue weighted by molar-refractivity contribution is 7.48. The van der Waals surface area contributed by atoms with Crippen LogP contribution in [0.4, 0.5) is 5.95 Å². The second kappa shape index (κ2) is 7.70. The van der Waals surface area contributed by atoms with Crippen LogP contribution in [0.2, 0.25) is 0 Å². The lowest BCUT2D eigenvalue weighted by molar-refractivity contribution is -0.0822. The first-order valence-electron chi connectivity index (χ1n) is 9.73. The minimum absolute atomic E-state index is 0.0183. The van der Waals surface area contributed by atoms with E-state index in [2.05, 4.69) is 15.0 Å². The van der Waals surface area contributed by atoms with Crippen molar-refractivity contribution in [1.29, 1.82) is 0 Å². The molecule has 30 heavy (non-hydrogen) atoms. The molecule has 4 heterocycles. The fourth-order valence-corrected chi connectivity index (χ4v) is 5.29. The third kappa shape index (κ3) is 3.79. The van der Waals surface area contributed by atoms with E-state index >= 15 is 0 Å². The lowest BCUT2D eigenvalue weighted by Crippen LogP contribution is -2.49. The van der Waals surface area contributed by atoms with Gasteiger partial charge in [0.15, 0.2) is 11.2 Å². The maximum absolute atomic E-state index is 12.7. The number of phosphoric acid groups is 1. The van der Waals surface area contributed by atoms with Gasteiger partial charge in [0.25, 0.3) is 0 Å². The van der Waals surface area contributed by atoms with Crippen molar-refractivity contribution in [2.75, 3.05) is 18.9 Å². The highest BCUT2D eigenvalue weighted by atomic mass is 31.2. The van der Waals surface area contributed by atoms with E-state index in [0.717, 1.165) is 0 Å². The number of rotatable bonds is 6. The molecule has 0 radical (unpaired) electrons. The van der Waals surface area contributed by atoms with Gasteiger partial charge in [-0.2, -0.15) is 9.97 Å². The number of ether oxygens (including phenoxy) is 2. The number of fused-ring (bicyclic) bond motifs is 2. The summed E-state index contributed by atoms with van der Waals surface area (Å²) >= 11 is 0. The first-order chi connectivity index (χ1) is 14.1. The summed E-state index contributed by atoms with van der Waals surface area (Å²) in [6.45, 7) is 7.42. The summed E-state index contributed by atoms with van der Waals surface area (Å²) in [7, 11) is -3.79. The number of aliphatic hydroxyl groups is 1. The van der Waals surface area contributed by atoms with Crippen molar-refractivity contribution < 1.29 is 32.7 Å². The van der Waals surface area contributed by atoms with E-state index in [1.807, 2.05) is 6.92 Å². The van der Waals surface area contributed by atoms with Gasteiger partial charge in [0, 0.05) is 0 Å². The van der Waals surface area contributed by atoms with E-state index in [9.17, 15) is 9.67 Å². The smallest absolute Gasteiger partial charge is 0.475 e. The second-order valence-corrected chi connectivity index (χ2v) is 9.28. The average Bonchev–Trinajstić information content (AvgIpc) is 3.14. The molecule has 3 N–H and O–H groups in total. The Morgan fingerprint density at radius 3 is 2.93 bits per heavy atom. The van der Waals surface area contributed by atoms with Crippen molar-refractivity contribution in [3.8, 4) is 5.88 Å². The zero-order valence-corrected chi connectivity index (χ0v) is 18.1. The number of imidazole rings is 1. The van der Waals surface area contributed by atoms with Gasteiger partial charge < -0.3 is 24.9 Å². The molecule has 2 aromatic heterocycles. The zero-order chi connectivity index (χ0) is 21.7. The van der Waals surface area contributed by atoms with E-state index in [1.165, 1.54) is 0 Å². The number of nitrogen functional groups attached to an aromatic ring is 1. The Morgan fingerprint density at radius 2 is 2.23 bits per heavy atom. The van der Waals surface area contributed by atoms with Crippen molar-refractivity contribution >= 4 is 24.9 Å². The van der Waals surface area contributed by atoms with Crippen LogP contribution in [-0.4, -0.2) is 67.9 Å². The fraction of sp³-hybridized carbons (Fsp3) is 0.706. The molecule has 0 aliphatic carbocycles. The molecule has 2 saturated heterocycles. The lowest BCUT2D eigenvalue weighted by Gasteiger charge is -2.35. The maximum atomic E-state index is 12.7. The van der Waals surface area contributed by atoms with Crippen molar-refractivity contribution in [3.05, 3.63) is 6.33 Å². The molecule has 0 amide bonds.